The van der Waals surface area contributed by atoms with E-state index >= 15 is 0 Å². The number of rotatable bonds is 5. The second-order valence-electron chi connectivity index (χ2n) is 4.48. The number of hydrogen-bond acceptors (Lipinski definition) is 4. The Morgan fingerprint density at radius 1 is 1.42 bits per heavy atom. The molecule has 0 amide bonds. The lowest BCUT2D eigenvalue weighted by atomic mass is 10.1. The van der Waals surface area contributed by atoms with Gasteiger partial charge in [-0.1, -0.05) is 13.0 Å². The molecule has 1 aromatic heterocycles. The Balaban J connectivity index is 2.23. The summed E-state index contributed by atoms with van der Waals surface area (Å²) >= 11 is 1.73. The molecule has 0 aliphatic rings. The monoisotopic (exact) mass is 274 g/mol. The first-order valence-electron chi connectivity index (χ1n) is 6.32. The number of ketones is 1. The highest BCUT2D eigenvalue weighted by molar-refractivity contribution is 7.10. The van der Waals surface area contributed by atoms with Crippen molar-refractivity contribution in [1.82, 2.24) is 0 Å². The number of carbonyl (C=O) groups is 1. The van der Waals surface area contributed by atoms with Crippen molar-refractivity contribution in [2.45, 2.75) is 26.3 Å². The molecule has 1 unspecified atom stereocenters. The lowest BCUT2D eigenvalue weighted by Crippen LogP contribution is -2.09. The third-order valence-corrected chi connectivity index (χ3v) is 4.05. The van der Waals surface area contributed by atoms with Gasteiger partial charge in [0, 0.05) is 21.8 Å². The highest BCUT2D eigenvalue weighted by Crippen LogP contribution is 2.27. The molecule has 0 aliphatic carbocycles. The van der Waals surface area contributed by atoms with Gasteiger partial charge in [-0.3, -0.25) is 4.79 Å². The number of nitrogens with two attached hydrogens (primary N) is 1. The van der Waals surface area contributed by atoms with Gasteiger partial charge in [0.25, 0.3) is 0 Å². The summed E-state index contributed by atoms with van der Waals surface area (Å²) < 4.78 is 0. The van der Waals surface area contributed by atoms with E-state index in [0.717, 1.165) is 12.1 Å². The molecule has 4 heteroatoms. The van der Waals surface area contributed by atoms with Gasteiger partial charge in [-0.2, -0.15) is 0 Å². The maximum absolute atomic E-state index is 11.5. The molecule has 0 saturated heterocycles. The molecule has 3 N–H and O–H groups in total. The molecule has 1 heterocycles. The summed E-state index contributed by atoms with van der Waals surface area (Å²) in [5.74, 6) is -0.00896. The largest absolute Gasteiger partial charge is 0.398 e. The number of nitrogen functional groups attached to an aromatic ring is 1. The zero-order chi connectivity index (χ0) is 13.8. The second-order valence-corrected chi connectivity index (χ2v) is 5.46. The van der Waals surface area contributed by atoms with Crippen LogP contribution in [0.2, 0.25) is 0 Å². The Kier molecular flexibility index (Phi) is 4.22. The number of Topliss-reactive ketones (excluding diaryl/α,β-unsaturated/α-hetero) is 1. The van der Waals surface area contributed by atoms with E-state index in [1.165, 1.54) is 11.8 Å². The highest BCUT2D eigenvalue weighted by Gasteiger charge is 2.12. The lowest BCUT2D eigenvalue weighted by molar-refractivity contribution is 0.101. The van der Waals surface area contributed by atoms with E-state index in [-0.39, 0.29) is 11.8 Å². The van der Waals surface area contributed by atoms with E-state index in [4.69, 9.17) is 5.73 Å². The Labute approximate surface area is 117 Å². The molecule has 0 radical (unpaired) electrons. The van der Waals surface area contributed by atoms with E-state index in [1.54, 1.807) is 17.4 Å². The van der Waals surface area contributed by atoms with Crippen LogP contribution in [0.15, 0.2) is 35.7 Å². The second kappa shape index (κ2) is 5.89. The third kappa shape index (κ3) is 3.15. The molecular weight excluding hydrogens is 256 g/mol. The van der Waals surface area contributed by atoms with Crippen molar-refractivity contribution in [2.75, 3.05) is 11.1 Å². The molecule has 2 aromatic rings. The van der Waals surface area contributed by atoms with Gasteiger partial charge in [-0.15, -0.1) is 11.3 Å². The summed E-state index contributed by atoms with van der Waals surface area (Å²) in [5, 5.41) is 5.53. The van der Waals surface area contributed by atoms with Crippen LogP contribution < -0.4 is 11.1 Å². The van der Waals surface area contributed by atoms with Crippen molar-refractivity contribution < 1.29 is 4.79 Å². The van der Waals surface area contributed by atoms with Crippen molar-refractivity contribution in [1.29, 1.82) is 0 Å². The van der Waals surface area contributed by atoms with Crippen LogP contribution in [0.4, 0.5) is 11.4 Å². The smallest absolute Gasteiger partial charge is 0.161 e. The van der Waals surface area contributed by atoms with Gasteiger partial charge in [0.05, 0.1) is 6.04 Å². The molecule has 0 spiro atoms. The van der Waals surface area contributed by atoms with Crippen LogP contribution in [0.5, 0.6) is 0 Å². The summed E-state index contributed by atoms with van der Waals surface area (Å²) in [6.45, 7) is 3.67. The first-order valence-corrected chi connectivity index (χ1v) is 7.20. The van der Waals surface area contributed by atoms with Gasteiger partial charge in [0.15, 0.2) is 5.78 Å². The van der Waals surface area contributed by atoms with E-state index in [9.17, 15) is 4.79 Å². The van der Waals surface area contributed by atoms with Crippen LogP contribution in [0.1, 0.15) is 41.5 Å². The Morgan fingerprint density at radius 2 is 2.21 bits per heavy atom. The molecule has 0 aliphatic heterocycles. The fourth-order valence-electron chi connectivity index (χ4n) is 2.02. The van der Waals surface area contributed by atoms with Crippen molar-refractivity contribution in [3.8, 4) is 0 Å². The first kappa shape index (κ1) is 13.6. The molecule has 19 heavy (non-hydrogen) atoms. The quantitative estimate of drug-likeness (QED) is 0.637. The predicted molar refractivity (Wildman–Crippen MR) is 81.8 cm³/mol. The zero-order valence-corrected chi connectivity index (χ0v) is 12.0. The molecular formula is C15H18N2OS. The van der Waals surface area contributed by atoms with Crippen LogP contribution in [-0.4, -0.2) is 5.78 Å². The van der Waals surface area contributed by atoms with Crippen molar-refractivity contribution in [3.05, 3.63) is 46.2 Å². The number of nitrogens with one attached hydrogen (secondary N) is 1. The van der Waals surface area contributed by atoms with Gasteiger partial charge in [-0.25, -0.2) is 0 Å². The lowest BCUT2D eigenvalue weighted by Gasteiger charge is -2.17. The topological polar surface area (TPSA) is 55.1 Å². The average Bonchev–Trinajstić information content (AvgIpc) is 2.91. The fourth-order valence-corrected chi connectivity index (χ4v) is 2.88. The molecule has 1 atom stereocenters. The van der Waals surface area contributed by atoms with Crippen LogP contribution in [0.25, 0.3) is 0 Å². The minimum atomic E-state index is -0.00896. The number of anilines is 2. The Hall–Kier alpha value is -1.81. The van der Waals surface area contributed by atoms with Gasteiger partial charge < -0.3 is 11.1 Å². The average molecular weight is 274 g/mol. The zero-order valence-electron chi connectivity index (χ0n) is 11.1. The number of thiophene rings is 1. The normalized spacial score (nSPS) is 12.1. The van der Waals surface area contributed by atoms with Gasteiger partial charge in [-0.05, 0) is 43.0 Å². The summed E-state index contributed by atoms with van der Waals surface area (Å²) in [7, 11) is 0. The van der Waals surface area contributed by atoms with Gasteiger partial charge in [0.2, 0.25) is 0 Å². The van der Waals surface area contributed by atoms with Crippen LogP contribution in [-0.2, 0) is 0 Å². The van der Waals surface area contributed by atoms with Crippen LogP contribution >= 0.6 is 11.3 Å². The molecule has 0 bridgehead atoms. The Bertz CT molecular complexity index is 564. The van der Waals surface area contributed by atoms with E-state index < -0.39 is 0 Å². The maximum atomic E-state index is 11.5. The summed E-state index contributed by atoms with van der Waals surface area (Å²) in [5.41, 5.74) is 7.84. The standard InChI is InChI=1S/C15H18N2OS/c1-3-14(15-5-4-8-19-15)17-11-6-7-13(16)12(9-11)10(2)18/h4-9,14,17H,3,16H2,1-2H3. The van der Waals surface area contributed by atoms with E-state index in [0.29, 0.717) is 11.3 Å². The number of benzene rings is 1. The highest BCUT2D eigenvalue weighted by atomic mass is 32.1. The van der Waals surface area contributed by atoms with Gasteiger partial charge in [0.1, 0.15) is 0 Å². The minimum Gasteiger partial charge on any atom is -0.398 e. The SMILES string of the molecule is CCC(Nc1ccc(N)c(C(C)=O)c1)c1cccs1. The number of carbonyl (C=O) groups excluding carboxylic acids is 1. The van der Waals surface area contributed by atoms with E-state index in [2.05, 4.69) is 23.7 Å². The van der Waals surface area contributed by atoms with Gasteiger partial charge >= 0.3 is 0 Å². The fraction of sp³-hybridized carbons (Fsp3) is 0.267. The molecule has 0 saturated carbocycles. The summed E-state index contributed by atoms with van der Waals surface area (Å²) in [6, 6.07) is 9.96. The van der Waals surface area contributed by atoms with Crippen LogP contribution in [0, 0.1) is 0 Å². The molecule has 2 rings (SSSR count). The van der Waals surface area contributed by atoms with Crippen molar-refractivity contribution in [3.63, 3.8) is 0 Å². The molecule has 100 valence electrons. The van der Waals surface area contributed by atoms with Crippen molar-refractivity contribution in [2.24, 2.45) is 0 Å². The van der Waals surface area contributed by atoms with E-state index in [1.807, 2.05) is 18.2 Å². The maximum Gasteiger partial charge on any atom is 0.161 e. The summed E-state index contributed by atoms with van der Waals surface area (Å²) in [4.78, 5) is 12.8. The first-order chi connectivity index (χ1) is 9.11. The third-order valence-electron chi connectivity index (χ3n) is 3.07. The molecule has 0 fully saturated rings. The minimum absolute atomic E-state index is 0.00896. The molecule has 1 aromatic carbocycles. The Morgan fingerprint density at radius 3 is 2.79 bits per heavy atom. The van der Waals surface area contributed by atoms with Crippen molar-refractivity contribution >= 4 is 28.5 Å². The predicted octanol–water partition coefficient (Wildman–Crippen LogP) is 4.10. The molecule has 3 nitrogen and oxygen atoms in total. The summed E-state index contributed by atoms with van der Waals surface area (Å²) in [6.07, 6.45) is 0.986. The van der Waals surface area contributed by atoms with Crippen LogP contribution in [0.3, 0.4) is 0 Å². The number of hydrogen-bond donors (Lipinski definition) is 2.